The molecule has 0 aliphatic heterocycles. The lowest BCUT2D eigenvalue weighted by Gasteiger charge is -1.98. The first-order valence-electron chi connectivity index (χ1n) is 2.54. The molecule has 0 bridgehead atoms. The van der Waals surface area contributed by atoms with E-state index in [1.165, 1.54) is 6.07 Å². The topological polar surface area (TPSA) is 40.5 Å². The van der Waals surface area contributed by atoms with Gasteiger partial charge in [-0.2, -0.15) is 0 Å². The third kappa shape index (κ3) is 0.990. The molecule has 0 spiro atoms. The molecule has 0 amide bonds. The Hall–Kier alpha value is -1.12. The van der Waals surface area contributed by atoms with Crippen molar-refractivity contribution in [1.82, 2.24) is 0 Å². The van der Waals surface area contributed by atoms with Crippen LogP contribution < -0.4 is 5.46 Å². The van der Waals surface area contributed by atoms with Crippen LogP contribution in [-0.4, -0.2) is 18.1 Å². The molecule has 1 aromatic rings. The predicted octanol–water partition coefficient (Wildman–Crippen LogP) is -0.376. The van der Waals surface area contributed by atoms with Crippen LogP contribution in [0.2, 0.25) is 0 Å². The highest BCUT2D eigenvalue weighted by Gasteiger charge is 1.97. The average Bonchev–Trinajstić information content (AvgIpc) is 1.83. The summed E-state index contributed by atoms with van der Waals surface area (Å²) >= 11 is 0. The van der Waals surface area contributed by atoms with E-state index < -0.39 is 0 Å². The van der Waals surface area contributed by atoms with Gasteiger partial charge in [-0.25, -0.2) is 0 Å². The Morgan fingerprint density at radius 1 is 1.22 bits per heavy atom. The summed E-state index contributed by atoms with van der Waals surface area (Å²) in [6.07, 6.45) is 0. The first kappa shape index (κ1) is 6.01. The second-order valence-corrected chi connectivity index (χ2v) is 1.78. The highest BCUT2D eigenvalue weighted by molar-refractivity contribution is 6.34. The van der Waals surface area contributed by atoms with Crippen molar-refractivity contribution in [3.63, 3.8) is 0 Å². The van der Waals surface area contributed by atoms with E-state index in [2.05, 4.69) is 7.85 Å². The lowest BCUT2D eigenvalue weighted by atomic mass is 9.95. The summed E-state index contributed by atoms with van der Waals surface area (Å²) in [5.74, 6) is -0.264. The minimum absolute atomic E-state index is 0.123. The molecule has 1 radical (unpaired) electrons. The lowest BCUT2D eigenvalue weighted by Crippen LogP contribution is -2.00. The molecule has 9 heavy (non-hydrogen) atoms. The van der Waals surface area contributed by atoms with Crippen LogP contribution >= 0.6 is 0 Å². The van der Waals surface area contributed by atoms with E-state index >= 15 is 0 Å². The van der Waals surface area contributed by atoms with Gasteiger partial charge in [0.25, 0.3) is 0 Å². The van der Waals surface area contributed by atoms with Gasteiger partial charge in [0.15, 0.2) is 11.5 Å². The van der Waals surface area contributed by atoms with Crippen molar-refractivity contribution < 1.29 is 10.2 Å². The molecule has 1 rings (SSSR count). The zero-order valence-electron chi connectivity index (χ0n) is 4.83. The minimum atomic E-state index is -0.141. The summed E-state index contributed by atoms with van der Waals surface area (Å²) in [7, 11) is 3.47. The first-order chi connectivity index (χ1) is 4.22. The van der Waals surface area contributed by atoms with E-state index in [-0.39, 0.29) is 11.5 Å². The monoisotopic (exact) mass is 121 g/mol. The largest absolute Gasteiger partial charge is 0.505 e. The number of para-hydroxylation sites is 1. The highest BCUT2D eigenvalue weighted by Crippen LogP contribution is 2.18. The van der Waals surface area contributed by atoms with E-state index in [0.717, 1.165) is 0 Å². The fourth-order valence-electron chi connectivity index (χ4n) is 0.578. The molecular weight excluding hydrogens is 115 g/mol. The summed E-state index contributed by atoms with van der Waals surface area (Å²) in [5, 5.41) is 17.7. The van der Waals surface area contributed by atoms with Crippen LogP contribution in [0.15, 0.2) is 18.2 Å². The van der Waals surface area contributed by atoms with Gasteiger partial charge < -0.3 is 10.2 Å². The smallest absolute Gasteiger partial charge is 0.156 e. The van der Waals surface area contributed by atoms with Crippen LogP contribution in [0.5, 0.6) is 11.5 Å². The van der Waals surface area contributed by atoms with Crippen LogP contribution in [0.25, 0.3) is 0 Å². The van der Waals surface area contributed by atoms with E-state index in [0.29, 0.717) is 5.46 Å². The standard InChI is InChI=1S/C6H6BO2/c7-4-2-1-3-5(8)6(4)9/h1-3,7-9H. The van der Waals surface area contributed by atoms with Gasteiger partial charge in [0.1, 0.15) is 7.85 Å². The number of phenols is 2. The summed E-state index contributed by atoms with van der Waals surface area (Å²) in [4.78, 5) is 0. The number of benzene rings is 1. The lowest BCUT2D eigenvalue weighted by molar-refractivity contribution is 0.407. The Kier molecular flexibility index (Phi) is 1.34. The summed E-state index contributed by atoms with van der Waals surface area (Å²) < 4.78 is 0. The molecule has 45 valence electrons. The maximum absolute atomic E-state index is 8.89. The minimum Gasteiger partial charge on any atom is -0.505 e. The Morgan fingerprint density at radius 3 is 2.33 bits per heavy atom. The van der Waals surface area contributed by atoms with Crippen LogP contribution in [-0.2, 0) is 0 Å². The molecule has 0 unspecified atom stereocenters. The van der Waals surface area contributed by atoms with Gasteiger partial charge in [0.2, 0.25) is 0 Å². The quantitative estimate of drug-likeness (QED) is 0.363. The second-order valence-electron chi connectivity index (χ2n) is 1.78. The van der Waals surface area contributed by atoms with Gasteiger partial charge in [0.05, 0.1) is 0 Å². The zero-order chi connectivity index (χ0) is 6.85. The zero-order valence-corrected chi connectivity index (χ0v) is 4.83. The van der Waals surface area contributed by atoms with Crippen molar-refractivity contribution in [2.45, 2.75) is 0 Å². The maximum Gasteiger partial charge on any atom is 0.156 e. The van der Waals surface area contributed by atoms with Crippen molar-refractivity contribution in [3.8, 4) is 11.5 Å². The van der Waals surface area contributed by atoms with Crippen molar-refractivity contribution in [2.75, 3.05) is 0 Å². The maximum atomic E-state index is 8.89. The Morgan fingerprint density at radius 2 is 1.89 bits per heavy atom. The molecule has 0 aliphatic carbocycles. The van der Waals surface area contributed by atoms with E-state index in [4.69, 9.17) is 10.2 Å². The summed E-state index contributed by atoms with van der Waals surface area (Å²) in [6, 6.07) is 4.65. The van der Waals surface area contributed by atoms with Crippen molar-refractivity contribution in [3.05, 3.63) is 18.2 Å². The van der Waals surface area contributed by atoms with E-state index in [9.17, 15) is 0 Å². The van der Waals surface area contributed by atoms with E-state index in [1.54, 1.807) is 12.1 Å². The molecule has 0 aliphatic rings. The molecule has 0 aromatic heterocycles. The van der Waals surface area contributed by atoms with Crippen molar-refractivity contribution in [1.29, 1.82) is 0 Å². The molecular formula is C6H6BO2. The molecule has 0 atom stereocenters. The molecule has 0 saturated heterocycles. The molecule has 3 heteroatoms. The van der Waals surface area contributed by atoms with Crippen LogP contribution in [0.1, 0.15) is 0 Å². The first-order valence-corrected chi connectivity index (χ1v) is 2.54. The van der Waals surface area contributed by atoms with Gasteiger partial charge in [-0.05, 0) is 11.5 Å². The third-order valence-corrected chi connectivity index (χ3v) is 1.10. The van der Waals surface area contributed by atoms with Gasteiger partial charge in [0, 0.05) is 0 Å². The molecule has 2 nitrogen and oxygen atoms in total. The molecule has 0 fully saturated rings. The van der Waals surface area contributed by atoms with Crippen LogP contribution in [0.3, 0.4) is 0 Å². The SMILES string of the molecule is [BH]c1cccc(O)c1O. The molecule has 1 aromatic carbocycles. The number of rotatable bonds is 0. The second kappa shape index (κ2) is 2.01. The van der Waals surface area contributed by atoms with Crippen molar-refractivity contribution in [2.24, 2.45) is 0 Å². The highest BCUT2D eigenvalue weighted by atomic mass is 16.3. The van der Waals surface area contributed by atoms with Gasteiger partial charge in [-0.1, -0.05) is 12.1 Å². The fourth-order valence-corrected chi connectivity index (χ4v) is 0.578. The number of aromatic hydroxyl groups is 2. The van der Waals surface area contributed by atoms with Crippen LogP contribution in [0.4, 0.5) is 0 Å². The number of hydrogen-bond acceptors (Lipinski definition) is 2. The third-order valence-electron chi connectivity index (χ3n) is 1.10. The summed E-state index contributed by atoms with van der Waals surface area (Å²) in [6.45, 7) is 0. The Balaban J connectivity index is 3.25. The number of hydrogen-bond donors (Lipinski definition) is 2. The normalized spacial score (nSPS) is 9.33. The molecule has 2 N–H and O–H groups in total. The number of phenolic OH excluding ortho intramolecular Hbond substituents is 2. The van der Waals surface area contributed by atoms with Gasteiger partial charge in [-0.15, -0.1) is 0 Å². The van der Waals surface area contributed by atoms with Gasteiger partial charge in [-0.3, -0.25) is 0 Å². The summed E-state index contributed by atoms with van der Waals surface area (Å²) in [5.41, 5.74) is 0.440. The molecule has 0 saturated carbocycles. The Labute approximate surface area is 54.2 Å². The average molecular weight is 121 g/mol. The Bertz CT molecular complexity index is 202. The van der Waals surface area contributed by atoms with Crippen molar-refractivity contribution >= 4 is 13.3 Å². The fraction of sp³-hybridized carbons (Fsp3) is 0. The molecule has 0 heterocycles. The van der Waals surface area contributed by atoms with Gasteiger partial charge >= 0.3 is 0 Å². The predicted molar refractivity (Wildman–Crippen MR) is 36.6 cm³/mol. The van der Waals surface area contributed by atoms with Crippen LogP contribution in [0, 0.1) is 0 Å². The van der Waals surface area contributed by atoms with E-state index in [1.807, 2.05) is 0 Å².